The van der Waals surface area contributed by atoms with E-state index in [2.05, 4.69) is 54.4 Å². The van der Waals surface area contributed by atoms with E-state index in [1.807, 2.05) is 12.3 Å². The van der Waals surface area contributed by atoms with Crippen LogP contribution in [0.4, 0.5) is 0 Å². The van der Waals surface area contributed by atoms with Crippen LogP contribution >= 0.6 is 0 Å². The van der Waals surface area contributed by atoms with Gasteiger partial charge in [0.1, 0.15) is 6.10 Å². The minimum atomic E-state index is -0.0308. The summed E-state index contributed by atoms with van der Waals surface area (Å²) in [5.41, 5.74) is 4.77. The van der Waals surface area contributed by atoms with Crippen molar-refractivity contribution in [3.63, 3.8) is 0 Å². The van der Waals surface area contributed by atoms with Crippen LogP contribution in [0.1, 0.15) is 22.8 Å². The minimum Gasteiger partial charge on any atom is -0.372 e. The van der Waals surface area contributed by atoms with Crippen molar-refractivity contribution in [1.82, 2.24) is 4.98 Å². The number of H-pyrrole nitrogens is 1. The van der Waals surface area contributed by atoms with Gasteiger partial charge in [-0.1, -0.05) is 48.0 Å². The molecule has 0 bridgehead atoms. The molecule has 3 rings (SSSR count). The Morgan fingerprint density at radius 1 is 1.00 bits per heavy atom. The smallest absolute Gasteiger partial charge is 0.109 e. The first-order valence-corrected chi connectivity index (χ1v) is 6.45. The van der Waals surface area contributed by atoms with E-state index in [4.69, 9.17) is 4.74 Å². The van der Waals surface area contributed by atoms with Crippen molar-refractivity contribution in [2.75, 3.05) is 7.11 Å². The van der Waals surface area contributed by atoms with Gasteiger partial charge in [-0.2, -0.15) is 0 Å². The molecular formula is C17H17NO. The monoisotopic (exact) mass is 251 g/mol. The van der Waals surface area contributed by atoms with Crippen LogP contribution in [0.5, 0.6) is 0 Å². The van der Waals surface area contributed by atoms with Gasteiger partial charge < -0.3 is 9.72 Å². The molecule has 1 N–H and O–H groups in total. The Bertz CT molecular complexity index is 682. The number of aromatic amines is 1. The van der Waals surface area contributed by atoms with Crippen LogP contribution in [-0.2, 0) is 4.74 Å². The number of hydrogen-bond donors (Lipinski definition) is 1. The average molecular weight is 251 g/mol. The molecule has 96 valence electrons. The maximum absolute atomic E-state index is 5.71. The molecule has 0 aliphatic rings. The van der Waals surface area contributed by atoms with E-state index < -0.39 is 0 Å². The summed E-state index contributed by atoms with van der Waals surface area (Å²) < 4.78 is 5.71. The Labute approximate surface area is 113 Å². The van der Waals surface area contributed by atoms with Gasteiger partial charge in [-0.25, -0.2) is 0 Å². The highest BCUT2D eigenvalue weighted by atomic mass is 16.5. The Morgan fingerprint density at radius 3 is 2.47 bits per heavy atom. The third-order valence-electron chi connectivity index (χ3n) is 3.52. The van der Waals surface area contributed by atoms with Crippen LogP contribution in [0.3, 0.4) is 0 Å². The predicted molar refractivity (Wildman–Crippen MR) is 78.3 cm³/mol. The second-order valence-electron chi connectivity index (χ2n) is 4.82. The summed E-state index contributed by atoms with van der Waals surface area (Å²) in [6.45, 7) is 2.09. The highest BCUT2D eigenvalue weighted by molar-refractivity contribution is 5.83. The maximum atomic E-state index is 5.71. The lowest BCUT2D eigenvalue weighted by Gasteiger charge is -2.15. The Balaban J connectivity index is 2.09. The molecule has 0 fully saturated rings. The van der Waals surface area contributed by atoms with E-state index in [0.29, 0.717) is 0 Å². The molecule has 0 saturated carbocycles. The molecule has 19 heavy (non-hydrogen) atoms. The fourth-order valence-electron chi connectivity index (χ4n) is 2.49. The normalized spacial score (nSPS) is 12.7. The zero-order valence-corrected chi connectivity index (χ0v) is 11.2. The van der Waals surface area contributed by atoms with Crippen molar-refractivity contribution >= 4 is 10.9 Å². The van der Waals surface area contributed by atoms with Gasteiger partial charge >= 0.3 is 0 Å². The molecule has 0 radical (unpaired) electrons. The van der Waals surface area contributed by atoms with Crippen molar-refractivity contribution in [2.24, 2.45) is 0 Å². The van der Waals surface area contributed by atoms with Crippen LogP contribution in [0.25, 0.3) is 10.9 Å². The molecule has 0 aliphatic heterocycles. The van der Waals surface area contributed by atoms with Gasteiger partial charge in [0, 0.05) is 29.8 Å². The van der Waals surface area contributed by atoms with Gasteiger partial charge in [0.15, 0.2) is 0 Å². The Hall–Kier alpha value is -2.06. The number of nitrogens with one attached hydrogen (secondary N) is 1. The SMILES string of the molecule is COC(c1ccc(C)cc1)c1c[nH]c2ccccc12. The summed E-state index contributed by atoms with van der Waals surface area (Å²) >= 11 is 0. The van der Waals surface area contributed by atoms with Gasteiger partial charge in [0.25, 0.3) is 0 Å². The standard InChI is InChI=1S/C17H17NO/c1-12-7-9-13(10-8-12)17(19-2)15-11-18-16-6-4-3-5-14(15)16/h3-11,17-18H,1-2H3. The number of rotatable bonds is 3. The lowest BCUT2D eigenvalue weighted by molar-refractivity contribution is 0.137. The summed E-state index contributed by atoms with van der Waals surface area (Å²) in [6, 6.07) is 16.8. The molecule has 1 atom stereocenters. The molecule has 3 aromatic rings. The summed E-state index contributed by atoms with van der Waals surface area (Å²) in [6.07, 6.45) is 2.01. The highest BCUT2D eigenvalue weighted by Crippen LogP contribution is 2.31. The van der Waals surface area contributed by atoms with E-state index in [-0.39, 0.29) is 6.10 Å². The van der Waals surface area contributed by atoms with Gasteiger partial charge in [0.05, 0.1) is 0 Å². The number of aromatic nitrogens is 1. The summed E-state index contributed by atoms with van der Waals surface area (Å²) in [5, 5.41) is 1.22. The van der Waals surface area contributed by atoms with E-state index in [9.17, 15) is 0 Å². The van der Waals surface area contributed by atoms with Crippen molar-refractivity contribution in [1.29, 1.82) is 0 Å². The third-order valence-corrected chi connectivity index (χ3v) is 3.52. The lowest BCUT2D eigenvalue weighted by Crippen LogP contribution is -2.02. The molecular weight excluding hydrogens is 234 g/mol. The number of benzene rings is 2. The minimum absolute atomic E-state index is 0.0308. The van der Waals surface area contributed by atoms with Crippen LogP contribution in [-0.4, -0.2) is 12.1 Å². The Morgan fingerprint density at radius 2 is 1.74 bits per heavy atom. The molecule has 2 nitrogen and oxygen atoms in total. The number of aryl methyl sites for hydroxylation is 1. The predicted octanol–water partition coefficient (Wildman–Crippen LogP) is 4.21. The maximum Gasteiger partial charge on any atom is 0.109 e. The molecule has 2 aromatic carbocycles. The number of methoxy groups -OCH3 is 1. The molecule has 1 heterocycles. The fraction of sp³-hybridized carbons (Fsp3) is 0.176. The topological polar surface area (TPSA) is 25.0 Å². The van der Waals surface area contributed by atoms with Crippen LogP contribution in [0.2, 0.25) is 0 Å². The first-order chi connectivity index (χ1) is 9.29. The quantitative estimate of drug-likeness (QED) is 0.741. The van der Waals surface area contributed by atoms with Gasteiger partial charge in [-0.3, -0.25) is 0 Å². The zero-order valence-electron chi connectivity index (χ0n) is 11.2. The second-order valence-corrected chi connectivity index (χ2v) is 4.82. The number of ether oxygens (including phenoxy) is 1. The number of fused-ring (bicyclic) bond motifs is 1. The van der Waals surface area contributed by atoms with E-state index in [1.165, 1.54) is 22.1 Å². The third kappa shape index (κ3) is 2.15. The van der Waals surface area contributed by atoms with Gasteiger partial charge in [-0.15, -0.1) is 0 Å². The molecule has 0 spiro atoms. The molecule has 1 aromatic heterocycles. The average Bonchev–Trinajstić information content (AvgIpc) is 2.86. The van der Waals surface area contributed by atoms with Crippen LogP contribution in [0, 0.1) is 6.92 Å². The zero-order chi connectivity index (χ0) is 13.2. The van der Waals surface area contributed by atoms with Gasteiger partial charge in [-0.05, 0) is 18.6 Å². The van der Waals surface area contributed by atoms with Crippen LogP contribution < -0.4 is 0 Å². The summed E-state index contributed by atoms with van der Waals surface area (Å²) in [4.78, 5) is 3.30. The first kappa shape index (κ1) is 12.0. The first-order valence-electron chi connectivity index (χ1n) is 6.45. The summed E-state index contributed by atoms with van der Waals surface area (Å²) in [7, 11) is 1.76. The molecule has 1 unspecified atom stereocenters. The number of para-hydroxylation sites is 1. The van der Waals surface area contributed by atoms with Crippen molar-refractivity contribution in [3.05, 3.63) is 71.4 Å². The highest BCUT2D eigenvalue weighted by Gasteiger charge is 2.16. The van der Waals surface area contributed by atoms with Crippen molar-refractivity contribution in [2.45, 2.75) is 13.0 Å². The molecule has 2 heteroatoms. The fourth-order valence-corrected chi connectivity index (χ4v) is 2.49. The Kier molecular flexibility index (Phi) is 3.10. The second kappa shape index (κ2) is 4.90. The van der Waals surface area contributed by atoms with Crippen molar-refractivity contribution in [3.8, 4) is 0 Å². The lowest BCUT2D eigenvalue weighted by atomic mass is 10.00. The largest absolute Gasteiger partial charge is 0.372 e. The molecule has 0 amide bonds. The van der Waals surface area contributed by atoms with E-state index in [0.717, 1.165) is 5.52 Å². The van der Waals surface area contributed by atoms with Crippen molar-refractivity contribution < 1.29 is 4.74 Å². The molecule has 0 saturated heterocycles. The summed E-state index contributed by atoms with van der Waals surface area (Å²) in [5.74, 6) is 0. The molecule has 0 aliphatic carbocycles. The van der Waals surface area contributed by atoms with E-state index in [1.54, 1.807) is 7.11 Å². The van der Waals surface area contributed by atoms with Gasteiger partial charge in [0.2, 0.25) is 0 Å². The van der Waals surface area contributed by atoms with E-state index >= 15 is 0 Å². The number of hydrogen-bond acceptors (Lipinski definition) is 1. The van der Waals surface area contributed by atoms with Crippen LogP contribution in [0.15, 0.2) is 54.7 Å².